The second-order valence-electron chi connectivity index (χ2n) is 9.91. The van der Waals surface area contributed by atoms with Crippen LogP contribution in [-0.4, -0.2) is 50.9 Å². The molecular weight excluding hydrogens is 538 g/mol. The van der Waals surface area contributed by atoms with E-state index >= 15 is 0 Å². The third-order valence-electron chi connectivity index (χ3n) is 6.86. The number of anilines is 1. The van der Waals surface area contributed by atoms with Crippen LogP contribution in [0.5, 0.6) is 5.75 Å². The van der Waals surface area contributed by atoms with E-state index in [4.69, 9.17) is 4.74 Å². The average Bonchev–Trinajstić information content (AvgIpc) is 2.96. The van der Waals surface area contributed by atoms with Crippen LogP contribution in [0.3, 0.4) is 0 Å². The highest BCUT2D eigenvalue weighted by Crippen LogP contribution is 2.27. The normalized spacial score (nSPS) is 11.9. The number of aryl methyl sites for hydroxylation is 2. The number of amides is 2. The maximum absolute atomic E-state index is 14.1. The summed E-state index contributed by atoms with van der Waals surface area (Å²) >= 11 is 0. The maximum Gasteiger partial charge on any atom is 0.264 e. The minimum absolute atomic E-state index is 0.0347. The lowest BCUT2D eigenvalue weighted by Gasteiger charge is -2.33. The summed E-state index contributed by atoms with van der Waals surface area (Å²) in [6, 6.07) is 20.0. The summed E-state index contributed by atoms with van der Waals surface area (Å²) in [5, 5.41) is 2.91. The Balaban J connectivity index is 2.05. The molecule has 3 rings (SSSR count). The van der Waals surface area contributed by atoms with E-state index in [1.165, 1.54) is 17.0 Å². The van der Waals surface area contributed by atoms with Gasteiger partial charge in [-0.2, -0.15) is 0 Å². The minimum Gasteiger partial charge on any atom is -0.494 e. The molecule has 0 aliphatic heterocycles. The van der Waals surface area contributed by atoms with E-state index < -0.39 is 28.5 Å². The molecule has 0 aromatic heterocycles. The Labute approximate surface area is 244 Å². The highest BCUT2D eigenvalue weighted by Gasteiger charge is 2.33. The summed E-state index contributed by atoms with van der Waals surface area (Å²) in [5.41, 5.74) is 3.18. The molecule has 0 fully saturated rings. The molecule has 9 heteroatoms. The van der Waals surface area contributed by atoms with Crippen molar-refractivity contribution in [2.45, 2.75) is 64.9 Å². The van der Waals surface area contributed by atoms with E-state index in [1.54, 1.807) is 36.4 Å². The predicted molar refractivity (Wildman–Crippen MR) is 162 cm³/mol. The number of hydrogen-bond acceptors (Lipinski definition) is 5. The Hall–Kier alpha value is -3.85. The zero-order valence-electron chi connectivity index (χ0n) is 24.6. The van der Waals surface area contributed by atoms with Gasteiger partial charge in [0.05, 0.1) is 17.2 Å². The summed E-state index contributed by atoms with van der Waals surface area (Å²) < 4.78 is 34.6. The summed E-state index contributed by atoms with van der Waals surface area (Å²) in [5.74, 6) is -0.174. The zero-order chi connectivity index (χ0) is 30.0. The van der Waals surface area contributed by atoms with Crippen LogP contribution in [-0.2, 0) is 26.2 Å². The molecule has 0 bridgehead atoms. The Morgan fingerprint density at radius 3 is 2.15 bits per heavy atom. The first kappa shape index (κ1) is 31.7. The molecule has 1 N–H and O–H groups in total. The summed E-state index contributed by atoms with van der Waals surface area (Å²) in [4.78, 5) is 28.9. The van der Waals surface area contributed by atoms with Crippen LogP contribution >= 0.6 is 0 Å². The zero-order valence-corrected chi connectivity index (χ0v) is 25.4. The lowest BCUT2D eigenvalue weighted by Crippen LogP contribution is -2.52. The molecule has 0 unspecified atom stereocenters. The topological polar surface area (TPSA) is 96.0 Å². The molecular formula is C32H41N3O5S. The molecule has 0 spiro atoms. The highest BCUT2D eigenvalue weighted by molar-refractivity contribution is 7.92. The average molecular weight is 580 g/mol. The van der Waals surface area contributed by atoms with Crippen molar-refractivity contribution in [2.24, 2.45) is 0 Å². The van der Waals surface area contributed by atoms with Crippen molar-refractivity contribution in [2.75, 3.05) is 24.0 Å². The number of nitrogens with one attached hydrogen (secondary N) is 1. The van der Waals surface area contributed by atoms with Gasteiger partial charge in [0, 0.05) is 13.1 Å². The molecule has 3 aromatic carbocycles. The van der Waals surface area contributed by atoms with Crippen LogP contribution < -0.4 is 14.4 Å². The lowest BCUT2D eigenvalue weighted by molar-refractivity contribution is -0.140. The van der Waals surface area contributed by atoms with Crippen molar-refractivity contribution >= 4 is 27.5 Å². The van der Waals surface area contributed by atoms with Gasteiger partial charge >= 0.3 is 0 Å². The summed E-state index contributed by atoms with van der Waals surface area (Å²) in [7, 11) is -4.15. The molecule has 0 radical (unpaired) electrons. The third kappa shape index (κ3) is 8.10. The third-order valence-corrected chi connectivity index (χ3v) is 8.65. The number of carbonyl (C=O) groups is 2. The van der Waals surface area contributed by atoms with Gasteiger partial charge in [0.15, 0.2) is 0 Å². The Bertz CT molecular complexity index is 1410. The van der Waals surface area contributed by atoms with Gasteiger partial charge in [-0.05, 0) is 81.1 Å². The first-order valence-corrected chi connectivity index (χ1v) is 15.5. The smallest absolute Gasteiger partial charge is 0.264 e. The molecule has 3 aromatic rings. The summed E-state index contributed by atoms with van der Waals surface area (Å²) in [6.07, 6.45) is 1.14. The van der Waals surface area contributed by atoms with E-state index in [0.29, 0.717) is 31.0 Å². The molecule has 0 saturated carbocycles. The SMILES string of the molecule is CCCNC(=O)[C@H](CC)N(Cc1ccccc1C)C(=O)CN(c1ccc(C)cc1)S(=O)(=O)c1ccc(OCC)cc1. The molecule has 0 saturated heterocycles. The van der Waals surface area contributed by atoms with Gasteiger partial charge in [0.1, 0.15) is 18.3 Å². The maximum atomic E-state index is 14.1. The first-order chi connectivity index (χ1) is 19.6. The lowest BCUT2D eigenvalue weighted by atomic mass is 10.1. The van der Waals surface area contributed by atoms with Crippen LogP contribution in [0.2, 0.25) is 0 Å². The van der Waals surface area contributed by atoms with Gasteiger partial charge in [-0.3, -0.25) is 13.9 Å². The standard InChI is InChI=1S/C32H41N3O5S/c1-6-21-33-32(37)30(7-2)34(22-26-12-10-9-11-25(26)5)31(36)23-35(27-15-13-24(4)14-16-27)41(38,39)29-19-17-28(18-20-29)40-8-3/h9-20,30H,6-8,21-23H2,1-5H3,(H,33,37)/t30-/m0/s1. The largest absolute Gasteiger partial charge is 0.494 e. The van der Waals surface area contributed by atoms with Crippen molar-refractivity contribution in [1.29, 1.82) is 0 Å². The second kappa shape index (κ2) is 14.7. The van der Waals surface area contributed by atoms with E-state index in [0.717, 1.165) is 27.4 Å². The van der Waals surface area contributed by atoms with E-state index in [-0.39, 0.29) is 17.3 Å². The Kier molecular flexibility index (Phi) is 11.3. The summed E-state index contributed by atoms with van der Waals surface area (Å²) in [6.45, 7) is 10.2. The van der Waals surface area contributed by atoms with Crippen LogP contribution in [0.25, 0.3) is 0 Å². The second-order valence-corrected chi connectivity index (χ2v) is 11.8. The van der Waals surface area contributed by atoms with Gasteiger partial charge in [-0.1, -0.05) is 55.8 Å². The van der Waals surface area contributed by atoms with E-state index in [1.807, 2.05) is 58.9 Å². The predicted octanol–water partition coefficient (Wildman–Crippen LogP) is 5.23. The molecule has 41 heavy (non-hydrogen) atoms. The fourth-order valence-corrected chi connectivity index (χ4v) is 5.91. The molecule has 220 valence electrons. The minimum atomic E-state index is -4.15. The van der Waals surface area contributed by atoms with Gasteiger partial charge in [-0.25, -0.2) is 8.42 Å². The van der Waals surface area contributed by atoms with Gasteiger partial charge in [-0.15, -0.1) is 0 Å². The van der Waals surface area contributed by atoms with Gasteiger partial charge in [0.2, 0.25) is 11.8 Å². The first-order valence-electron chi connectivity index (χ1n) is 14.1. The monoisotopic (exact) mass is 579 g/mol. The number of rotatable bonds is 14. The van der Waals surface area contributed by atoms with Crippen LogP contribution in [0.1, 0.15) is 50.3 Å². The number of hydrogen-bond donors (Lipinski definition) is 1. The number of nitrogens with zero attached hydrogens (tertiary/aromatic N) is 2. The molecule has 0 heterocycles. The Morgan fingerprint density at radius 1 is 0.902 bits per heavy atom. The number of carbonyl (C=O) groups excluding carboxylic acids is 2. The van der Waals surface area contributed by atoms with Crippen molar-refractivity contribution in [3.63, 3.8) is 0 Å². The molecule has 8 nitrogen and oxygen atoms in total. The van der Waals surface area contributed by atoms with Crippen LogP contribution in [0.15, 0.2) is 77.7 Å². The van der Waals surface area contributed by atoms with Crippen LogP contribution in [0.4, 0.5) is 5.69 Å². The van der Waals surface area contributed by atoms with Crippen molar-refractivity contribution in [3.05, 3.63) is 89.5 Å². The number of sulfonamides is 1. The van der Waals surface area contributed by atoms with Crippen LogP contribution in [0, 0.1) is 13.8 Å². The molecule has 2 amide bonds. The Morgan fingerprint density at radius 2 is 1.56 bits per heavy atom. The number of benzene rings is 3. The fourth-order valence-electron chi connectivity index (χ4n) is 4.50. The van der Waals surface area contributed by atoms with Gasteiger partial charge in [0.25, 0.3) is 10.0 Å². The van der Waals surface area contributed by atoms with Crippen molar-refractivity contribution in [1.82, 2.24) is 10.2 Å². The molecule has 0 aliphatic rings. The fraction of sp³-hybridized carbons (Fsp3) is 0.375. The van der Waals surface area contributed by atoms with Crippen molar-refractivity contribution in [3.8, 4) is 5.75 Å². The van der Waals surface area contributed by atoms with E-state index in [2.05, 4.69) is 5.32 Å². The number of ether oxygens (including phenoxy) is 1. The highest BCUT2D eigenvalue weighted by atomic mass is 32.2. The van der Waals surface area contributed by atoms with E-state index in [9.17, 15) is 18.0 Å². The van der Waals surface area contributed by atoms with Crippen molar-refractivity contribution < 1.29 is 22.7 Å². The quantitative estimate of drug-likeness (QED) is 0.282. The van der Waals surface area contributed by atoms with Gasteiger partial charge < -0.3 is 15.0 Å². The molecule has 1 atom stereocenters. The molecule has 0 aliphatic carbocycles.